The maximum atomic E-state index is 11.5. The Balaban J connectivity index is 3.53. The van der Waals surface area contributed by atoms with Gasteiger partial charge in [-0.3, -0.25) is 0 Å². The molecule has 0 aromatic carbocycles. The Kier molecular flexibility index (Phi) is 4.65. The number of hydrogen-bond acceptors (Lipinski definition) is 1. The van der Waals surface area contributed by atoms with E-state index in [1.54, 1.807) is 6.08 Å². The van der Waals surface area contributed by atoms with Crippen molar-refractivity contribution >= 4 is 16.3 Å². The smallest absolute Gasteiger partial charge is 0.178 e. The molecule has 0 heterocycles. The summed E-state index contributed by atoms with van der Waals surface area (Å²) in [7, 11) is 0. The minimum absolute atomic E-state index is 0.222. The molecular weight excluding hydrogens is 175 g/mol. The number of halogens is 2. The van der Waals surface area contributed by atoms with Crippen LogP contribution in [0, 0.1) is 0 Å². The molecule has 0 aliphatic rings. The summed E-state index contributed by atoms with van der Waals surface area (Å²) in [5.74, 6) is 0.222. The van der Waals surface area contributed by atoms with Gasteiger partial charge in [-0.25, -0.2) is 4.39 Å². The highest BCUT2D eigenvalue weighted by molar-refractivity contribution is 9.06. The van der Waals surface area contributed by atoms with Gasteiger partial charge >= 0.3 is 0 Å². The summed E-state index contributed by atoms with van der Waals surface area (Å²) in [6.45, 7) is 3.39. The second-order valence-corrected chi connectivity index (χ2v) is 1.47. The molecule has 0 aliphatic heterocycles. The molecule has 0 rings (SSSR count). The summed E-state index contributed by atoms with van der Waals surface area (Å²) < 4.78 is 15.8. The lowest BCUT2D eigenvalue weighted by atomic mass is 10.4. The third-order valence-electron chi connectivity index (χ3n) is 0.566. The number of allylic oxidation sites excluding steroid dienone is 1. The minimum Gasteiger partial charge on any atom is -0.420 e. The molecule has 46 valence electrons. The van der Waals surface area contributed by atoms with Gasteiger partial charge < -0.3 is 3.83 Å². The van der Waals surface area contributed by atoms with Gasteiger partial charge in [-0.15, -0.1) is 6.58 Å². The molecule has 0 aromatic heterocycles. The lowest BCUT2D eigenvalue weighted by molar-refractivity contribution is 0.486. The van der Waals surface area contributed by atoms with Gasteiger partial charge in [-0.2, -0.15) is 0 Å². The number of rotatable bonds is 3. The van der Waals surface area contributed by atoms with Crippen LogP contribution in [-0.4, -0.2) is 0 Å². The van der Waals surface area contributed by atoms with E-state index in [9.17, 15) is 4.39 Å². The first-order valence-corrected chi connectivity index (χ1v) is 2.68. The summed E-state index contributed by atoms with van der Waals surface area (Å²) in [6, 6.07) is 0. The molecule has 0 aromatic rings. The van der Waals surface area contributed by atoms with Crippen LogP contribution in [0.1, 0.15) is 6.42 Å². The van der Waals surface area contributed by atoms with Crippen molar-refractivity contribution in [3.63, 3.8) is 0 Å². The summed E-state index contributed by atoms with van der Waals surface area (Å²) in [4.78, 5) is 0. The van der Waals surface area contributed by atoms with Gasteiger partial charge in [0.2, 0.25) is 0 Å². The SMILES string of the molecule is C=CCC(=CF)OBr. The molecule has 0 bridgehead atoms. The van der Waals surface area contributed by atoms with Crippen LogP contribution in [0.15, 0.2) is 24.7 Å². The fraction of sp³-hybridized carbons (Fsp3) is 0.200. The zero-order chi connectivity index (χ0) is 6.41. The molecule has 0 atom stereocenters. The third kappa shape index (κ3) is 2.80. The van der Waals surface area contributed by atoms with Gasteiger partial charge in [0.05, 0.1) is 0 Å². The molecule has 0 spiro atoms. The molecule has 8 heavy (non-hydrogen) atoms. The second kappa shape index (κ2) is 4.84. The molecule has 0 fully saturated rings. The van der Waals surface area contributed by atoms with Crippen LogP contribution in [-0.2, 0) is 3.83 Å². The fourth-order valence-electron chi connectivity index (χ4n) is 0.235. The van der Waals surface area contributed by atoms with Crippen LogP contribution < -0.4 is 0 Å². The summed E-state index contributed by atoms with van der Waals surface area (Å²) in [6.07, 6.45) is 2.34. The van der Waals surface area contributed by atoms with Gasteiger partial charge in [0.1, 0.15) is 12.1 Å². The predicted octanol–water partition coefficient (Wildman–Crippen LogP) is 2.70. The third-order valence-corrected chi connectivity index (χ3v) is 0.982. The van der Waals surface area contributed by atoms with Crippen LogP contribution in [0.5, 0.6) is 0 Å². The van der Waals surface area contributed by atoms with Crippen LogP contribution in [0.4, 0.5) is 4.39 Å². The van der Waals surface area contributed by atoms with E-state index in [1.165, 1.54) is 0 Å². The fourth-order valence-corrected chi connectivity index (χ4v) is 0.438. The predicted molar refractivity (Wildman–Crippen MR) is 34.0 cm³/mol. The van der Waals surface area contributed by atoms with Crippen molar-refractivity contribution in [3.05, 3.63) is 24.7 Å². The Hall–Kier alpha value is -0.310. The second-order valence-electron chi connectivity index (χ2n) is 1.15. The monoisotopic (exact) mass is 180 g/mol. The topological polar surface area (TPSA) is 9.23 Å². The van der Waals surface area contributed by atoms with Crippen molar-refractivity contribution in [3.8, 4) is 0 Å². The van der Waals surface area contributed by atoms with E-state index in [2.05, 4.69) is 26.7 Å². The van der Waals surface area contributed by atoms with Crippen molar-refractivity contribution in [2.75, 3.05) is 0 Å². The van der Waals surface area contributed by atoms with E-state index in [0.717, 1.165) is 0 Å². The largest absolute Gasteiger partial charge is 0.420 e. The maximum Gasteiger partial charge on any atom is 0.178 e. The quantitative estimate of drug-likeness (QED) is 0.480. The molecule has 0 amide bonds. The molecule has 0 unspecified atom stereocenters. The normalized spacial score (nSPS) is 11.0. The van der Waals surface area contributed by atoms with E-state index in [0.29, 0.717) is 12.8 Å². The van der Waals surface area contributed by atoms with Crippen molar-refractivity contribution in [1.82, 2.24) is 0 Å². The Morgan fingerprint density at radius 1 is 1.88 bits per heavy atom. The Labute approximate surface area is 56.3 Å². The first-order valence-electron chi connectivity index (χ1n) is 2.04. The maximum absolute atomic E-state index is 11.5. The number of hydrogen-bond donors (Lipinski definition) is 0. The van der Waals surface area contributed by atoms with E-state index in [4.69, 9.17) is 0 Å². The molecule has 0 aliphatic carbocycles. The Morgan fingerprint density at radius 2 is 2.50 bits per heavy atom. The highest BCUT2D eigenvalue weighted by Gasteiger charge is 1.89. The standard InChI is InChI=1S/C5H6BrFO/c1-2-3-5(4-7)8-6/h2,4H,1,3H2. The first-order chi connectivity index (χ1) is 3.85. The lowest BCUT2D eigenvalue weighted by Gasteiger charge is -1.93. The Bertz CT molecular complexity index is 101. The van der Waals surface area contributed by atoms with E-state index >= 15 is 0 Å². The minimum atomic E-state index is 0.222. The van der Waals surface area contributed by atoms with Gasteiger partial charge in [-0.1, -0.05) is 6.08 Å². The molecule has 0 radical (unpaired) electrons. The molecule has 0 saturated carbocycles. The van der Waals surface area contributed by atoms with E-state index in [1.807, 2.05) is 0 Å². The van der Waals surface area contributed by atoms with E-state index in [-0.39, 0.29) is 5.76 Å². The average Bonchev–Trinajstić information content (AvgIpc) is 1.83. The molecule has 3 heteroatoms. The van der Waals surface area contributed by atoms with Gasteiger partial charge in [-0.05, 0) is 0 Å². The first kappa shape index (κ1) is 7.69. The van der Waals surface area contributed by atoms with Crippen molar-refractivity contribution < 1.29 is 8.22 Å². The highest BCUT2D eigenvalue weighted by atomic mass is 79.9. The van der Waals surface area contributed by atoms with E-state index < -0.39 is 0 Å². The van der Waals surface area contributed by atoms with Crippen LogP contribution in [0.2, 0.25) is 0 Å². The highest BCUT2D eigenvalue weighted by Crippen LogP contribution is 2.07. The average molecular weight is 181 g/mol. The van der Waals surface area contributed by atoms with Gasteiger partial charge in [0, 0.05) is 6.42 Å². The van der Waals surface area contributed by atoms with Gasteiger partial charge in [0.25, 0.3) is 0 Å². The lowest BCUT2D eigenvalue weighted by Crippen LogP contribution is -1.75. The molecule has 0 saturated heterocycles. The van der Waals surface area contributed by atoms with Gasteiger partial charge in [0.15, 0.2) is 16.3 Å². The zero-order valence-electron chi connectivity index (χ0n) is 4.23. The van der Waals surface area contributed by atoms with Crippen molar-refractivity contribution in [1.29, 1.82) is 0 Å². The van der Waals surface area contributed by atoms with Crippen LogP contribution in [0.25, 0.3) is 0 Å². The summed E-state index contributed by atoms with van der Waals surface area (Å²) in [5.41, 5.74) is 0. The summed E-state index contributed by atoms with van der Waals surface area (Å²) >= 11 is 2.62. The molecule has 0 N–H and O–H groups in total. The van der Waals surface area contributed by atoms with Crippen molar-refractivity contribution in [2.45, 2.75) is 6.42 Å². The molecular formula is C5H6BrFO. The van der Waals surface area contributed by atoms with Crippen molar-refractivity contribution in [2.24, 2.45) is 0 Å². The summed E-state index contributed by atoms with van der Waals surface area (Å²) in [5, 5.41) is 0. The van der Waals surface area contributed by atoms with Crippen LogP contribution >= 0.6 is 16.3 Å². The van der Waals surface area contributed by atoms with Crippen LogP contribution in [0.3, 0.4) is 0 Å². The Morgan fingerprint density at radius 3 is 2.62 bits per heavy atom. The molecule has 1 nitrogen and oxygen atoms in total. The zero-order valence-corrected chi connectivity index (χ0v) is 5.82.